The number of carbonyl (C=O) groups is 2. The van der Waals surface area contributed by atoms with Crippen LogP contribution >= 0.6 is 0 Å². The number of aliphatic carboxylic acids is 1. The summed E-state index contributed by atoms with van der Waals surface area (Å²) in [7, 11) is 0. The Morgan fingerprint density at radius 3 is 1.33 bits per heavy atom. The van der Waals surface area contributed by atoms with Gasteiger partial charge in [0.25, 0.3) is 0 Å². The molecule has 5 aliphatic heterocycles. The molecule has 5 aliphatic rings. The van der Waals surface area contributed by atoms with E-state index in [-0.39, 0.29) is 0 Å². The molecular weight excluding hydrogens is 830 g/mol. The summed E-state index contributed by atoms with van der Waals surface area (Å²) >= 11 is 0. The maximum absolute atomic E-state index is 12.4. The Morgan fingerprint density at radius 1 is 0.450 bits per heavy atom. The maximum Gasteiger partial charge on any atom is 0.335 e. The number of aliphatic hydroxyl groups excluding tert-OH is 15. The van der Waals surface area contributed by atoms with Crippen molar-refractivity contribution in [2.45, 2.75) is 160 Å². The minimum atomic E-state index is -2.19. The highest BCUT2D eigenvalue weighted by Gasteiger charge is 2.57. The fourth-order valence-corrected chi connectivity index (χ4v) is 7.41. The number of rotatable bonds is 14. The Bertz CT molecular complexity index is 1400. The van der Waals surface area contributed by atoms with E-state index in [1.807, 2.05) is 0 Å². The zero-order chi connectivity index (χ0) is 44.5. The van der Waals surface area contributed by atoms with Crippen LogP contribution in [0, 0.1) is 0 Å². The summed E-state index contributed by atoms with van der Waals surface area (Å²) in [6.07, 6.45) is -46.8. The predicted molar refractivity (Wildman–Crippen MR) is 179 cm³/mol. The van der Waals surface area contributed by atoms with Crippen LogP contribution in [0.1, 0.15) is 6.92 Å². The van der Waals surface area contributed by atoms with E-state index in [2.05, 4.69) is 5.32 Å². The highest BCUT2D eigenvalue weighted by Crippen LogP contribution is 2.35. The molecule has 0 aromatic carbocycles. The molecular formula is C32H53NO27. The first kappa shape index (κ1) is 49.0. The van der Waals surface area contributed by atoms with Crippen LogP contribution in [-0.4, -0.2) is 273 Å². The molecule has 17 N–H and O–H groups in total. The molecule has 0 radical (unpaired) electrons. The fraction of sp³-hybridized carbons (Fsp3) is 0.938. The summed E-state index contributed by atoms with van der Waals surface area (Å²) in [4.78, 5) is 24.0. The molecule has 28 nitrogen and oxygen atoms in total. The second kappa shape index (κ2) is 20.7. The lowest BCUT2D eigenvalue weighted by Gasteiger charge is -2.50. The molecule has 0 bridgehead atoms. The minimum Gasteiger partial charge on any atom is -0.479 e. The second-order valence-electron chi connectivity index (χ2n) is 14.7. The van der Waals surface area contributed by atoms with Crippen molar-refractivity contribution in [2.75, 3.05) is 26.4 Å². The van der Waals surface area contributed by atoms with Gasteiger partial charge >= 0.3 is 5.97 Å². The third-order valence-electron chi connectivity index (χ3n) is 10.7. The van der Waals surface area contributed by atoms with Gasteiger partial charge in [-0.15, -0.1) is 0 Å². The van der Waals surface area contributed by atoms with Crippen LogP contribution in [0.5, 0.6) is 0 Å². The topological polar surface area (TPSA) is 453 Å². The molecule has 5 heterocycles. The number of carbonyl (C=O) groups excluding carboxylic acids is 1. The molecule has 5 rings (SSSR count). The molecule has 5 fully saturated rings. The standard InChI is InChI=1S/C32H53NO27/c1-6(38)33-11-14(41)22(56-31-21(48)25(13(40)8(3-35)53-31)59-30-19(46)15(42)16(43)26(60-30)27(49)50)10(5-37)55-29(11)58-24-12(39)7(2-34)54-32(20(24)47)57-23-9(4-36)52-28(51)18(45)17(23)44/h7-26,28-32,34-37,39-48,51H,2-5H2,1H3,(H,33,38)(H,49,50)/t7-,8-,9-,10-,11-,12+,13+,14-,15+,16+,17-,18-,19-,20-,21-,22-,23-,24+,25+,26+,28-,29+,30-,31+,32+/m1/s1. The third-order valence-corrected chi connectivity index (χ3v) is 10.7. The fourth-order valence-electron chi connectivity index (χ4n) is 7.41. The third kappa shape index (κ3) is 10.0. The first-order chi connectivity index (χ1) is 28.3. The zero-order valence-electron chi connectivity index (χ0n) is 31.4. The second-order valence-corrected chi connectivity index (χ2v) is 14.7. The van der Waals surface area contributed by atoms with Crippen molar-refractivity contribution in [3.05, 3.63) is 0 Å². The van der Waals surface area contributed by atoms with E-state index in [1.54, 1.807) is 0 Å². The molecule has 1 amide bonds. The largest absolute Gasteiger partial charge is 0.479 e. The summed E-state index contributed by atoms with van der Waals surface area (Å²) in [5.74, 6) is -2.62. The van der Waals surface area contributed by atoms with Crippen LogP contribution in [0.25, 0.3) is 0 Å². The van der Waals surface area contributed by atoms with Crippen molar-refractivity contribution in [2.24, 2.45) is 0 Å². The van der Waals surface area contributed by atoms with Crippen LogP contribution < -0.4 is 5.32 Å². The normalized spacial score (nSPS) is 50.2. The van der Waals surface area contributed by atoms with Crippen LogP contribution in [0.3, 0.4) is 0 Å². The summed E-state index contributed by atoms with van der Waals surface area (Å²) in [5, 5.41) is 169. The van der Waals surface area contributed by atoms with Gasteiger partial charge in [0.2, 0.25) is 5.91 Å². The van der Waals surface area contributed by atoms with Gasteiger partial charge in [-0.05, 0) is 0 Å². The molecule has 0 unspecified atom stereocenters. The van der Waals surface area contributed by atoms with Crippen LogP contribution in [0.15, 0.2) is 0 Å². The lowest BCUT2D eigenvalue weighted by molar-refractivity contribution is -0.385. The number of hydrogen-bond acceptors (Lipinski definition) is 26. The van der Waals surface area contributed by atoms with Crippen molar-refractivity contribution in [3.63, 3.8) is 0 Å². The van der Waals surface area contributed by atoms with Gasteiger partial charge < -0.3 is 130 Å². The van der Waals surface area contributed by atoms with Gasteiger partial charge in [0, 0.05) is 6.92 Å². The van der Waals surface area contributed by atoms with Gasteiger partial charge in [0.15, 0.2) is 37.6 Å². The van der Waals surface area contributed by atoms with Gasteiger partial charge in [0.05, 0.1) is 26.4 Å². The Hall–Kier alpha value is -2.02. The average molecular weight is 884 g/mol. The first-order valence-electron chi connectivity index (χ1n) is 18.6. The Labute approximate surface area is 338 Å². The Morgan fingerprint density at radius 2 is 0.867 bits per heavy atom. The van der Waals surface area contributed by atoms with E-state index < -0.39 is 192 Å². The number of carboxylic acids is 1. The molecule has 0 saturated carbocycles. The van der Waals surface area contributed by atoms with Crippen molar-refractivity contribution < 1.29 is 134 Å². The van der Waals surface area contributed by atoms with Gasteiger partial charge in [-0.1, -0.05) is 0 Å². The van der Waals surface area contributed by atoms with Gasteiger partial charge in [-0.3, -0.25) is 4.79 Å². The summed E-state index contributed by atoms with van der Waals surface area (Å²) in [6.45, 7) is -2.87. The summed E-state index contributed by atoms with van der Waals surface area (Å²) < 4.78 is 49.5. The van der Waals surface area contributed by atoms with Crippen LogP contribution in [0.2, 0.25) is 0 Å². The maximum atomic E-state index is 12.4. The number of hydrogen-bond donors (Lipinski definition) is 17. The molecule has 60 heavy (non-hydrogen) atoms. The quantitative estimate of drug-likeness (QED) is 0.0770. The van der Waals surface area contributed by atoms with E-state index in [1.165, 1.54) is 0 Å². The average Bonchev–Trinajstić information content (AvgIpc) is 3.21. The first-order valence-corrected chi connectivity index (χ1v) is 18.6. The van der Waals surface area contributed by atoms with Gasteiger partial charge in [-0.25, -0.2) is 4.79 Å². The lowest BCUT2D eigenvalue weighted by atomic mass is 9.94. The van der Waals surface area contributed by atoms with E-state index in [0.717, 1.165) is 6.92 Å². The molecule has 0 aromatic rings. The molecule has 28 heteroatoms. The number of ether oxygens (including phenoxy) is 9. The van der Waals surface area contributed by atoms with Crippen molar-refractivity contribution in [1.82, 2.24) is 5.32 Å². The van der Waals surface area contributed by atoms with Crippen molar-refractivity contribution in [1.29, 1.82) is 0 Å². The predicted octanol–water partition coefficient (Wildman–Crippen LogP) is -11.7. The summed E-state index contributed by atoms with van der Waals surface area (Å²) in [6, 6.07) is -1.76. The number of amides is 1. The highest BCUT2D eigenvalue weighted by molar-refractivity contribution is 5.73. The molecule has 0 aliphatic carbocycles. The molecule has 0 spiro atoms. The van der Waals surface area contributed by atoms with Crippen LogP contribution in [0.4, 0.5) is 0 Å². The number of aliphatic hydroxyl groups is 15. The lowest BCUT2D eigenvalue weighted by Crippen LogP contribution is -2.70. The Balaban J connectivity index is 1.36. The molecule has 5 saturated heterocycles. The van der Waals surface area contributed by atoms with E-state index in [4.69, 9.17) is 42.6 Å². The smallest absolute Gasteiger partial charge is 0.335 e. The number of nitrogens with one attached hydrogen (secondary N) is 1. The summed E-state index contributed by atoms with van der Waals surface area (Å²) in [5.41, 5.74) is 0. The van der Waals surface area contributed by atoms with Gasteiger partial charge in [-0.2, -0.15) is 0 Å². The Kier molecular flexibility index (Phi) is 16.9. The van der Waals surface area contributed by atoms with E-state index in [9.17, 15) is 91.3 Å². The number of carboxylic acid groups (broad SMARTS) is 1. The molecule has 0 aromatic heterocycles. The zero-order valence-corrected chi connectivity index (χ0v) is 31.4. The molecule has 348 valence electrons. The van der Waals surface area contributed by atoms with Crippen LogP contribution in [-0.2, 0) is 52.2 Å². The monoisotopic (exact) mass is 883 g/mol. The van der Waals surface area contributed by atoms with E-state index in [0.29, 0.717) is 0 Å². The highest BCUT2D eigenvalue weighted by atomic mass is 16.8. The minimum absolute atomic E-state index is 0.842. The SMILES string of the molecule is CC(=O)N[C@H]1[C@H](O[C@H]2[C@@H](O)[C@@H](CO)O[C@@H](O[C@H]3[C@H](O)[C@@H](O)[C@H](O)O[C@@H]3CO)[C@@H]2O)O[C@H](CO)[C@@H](O[C@@H]2O[C@H](CO)[C@H](O)[C@H](O[C@@H]3O[C@H](C(=O)O)[C@@H](O)[C@H](O)[C@H]3O)[C@H]2O)[C@@H]1O. The van der Waals surface area contributed by atoms with Crippen molar-refractivity contribution in [3.8, 4) is 0 Å². The van der Waals surface area contributed by atoms with Crippen molar-refractivity contribution >= 4 is 11.9 Å². The van der Waals surface area contributed by atoms with E-state index >= 15 is 0 Å². The molecule has 25 atom stereocenters. The van der Waals surface area contributed by atoms with Gasteiger partial charge in [0.1, 0.15) is 116 Å².